The van der Waals surface area contributed by atoms with Crippen molar-refractivity contribution in [2.24, 2.45) is 0 Å². The van der Waals surface area contributed by atoms with Crippen LogP contribution in [-0.2, 0) is 0 Å². The summed E-state index contributed by atoms with van der Waals surface area (Å²) >= 11 is 0. The molecule has 0 atom stereocenters. The second kappa shape index (κ2) is 6.45. The summed E-state index contributed by atoms with van der Waals surface area (Å²) < 4.78 is 6.41. The first-order valence-corrected chi connectivity index (χ1v) is 11.0. The summed E-state index contributed by atoms with van der Waals surface area (Å²) in [5, 5.41) is 7.53. The van der Waals surface area contributed by atoms with Crippen LogP contribution in [0, 0.1) is 6.92 Å². The first-order valence-electron chi connectivity index (χ1n) is 11.0. The molecule has 0 aliphatic carbocycles. The highest BCUT2D eigenvalue weighted by molar-refractivity contribution is 6.35. The average Bonchev–Trinajstić information content (AvgIpc) is 3.22. The molecular formula is C31H20O. The van der Waals surface area contributed by atoms with E-state index in [9.17, 15) is 0 Å². The van der Waals surface area contributed by atoms with Gasteiger partial charge in [-0.3, -0.25) is 0 Å². The Kier molecular flexibility index (Phi) is 3.54. The van der Waals surface area contributed by atoms with E-state index >= 15 is 0 Å². The number of furan rings is 1. The summed E-state index contributed by atoms with van der Waals surface area (Å²) in [6.07, 6.45) is 0. The fourth-order valence-electron chi connectivity index (χ4n) is 5.28. The number of fused-ring (bicyclic) bond motifs is 3. The molecule has 6 aromatic carbocycles. The minimum Gasteiger partial charge on any atom is -0.456 e. The zero-order chi connectivity index (χ0) is 21.2. The van der Waals surface area contributed by atoms with Gasteiger partial charge in [-0.05, 0) is 68.9 Å². The maximum atomic E-state index is 6.41. The monoisotopic (exact) mass is 408 g/mol. The Morgan fingerprint density at radius 2 is 1.22 bits per heavy atom. The van der Waals surface area contributed by atoms with Crippen molar-refractivity contribution < 1.29 is 4.42 Å². The van der Waals surface area contributed by atoms with Gasteiger partial charge in [-0.2, -0.15) is 0 Å². The van der Waals surface area contributed by atoms with Crippen molar-refractivity contribution in [3.63, 3.8) is 0 Å². The molecule has 0 amide bonds. The van der Waals surface area contributed by atoms with Crippen molar-refractivity contribution in [1.29, 1.82) is 0 Å². The standard InChI is InChI=1S/C31H20O/c1-19-8-5-11-21(16-19)23-12-6-13-24-26-17-22(20-9-3-2-4-10-20)18-28-31(26)30-25(29(23)24)14-7-15-27(30)32-28/h2-18H,1H3. The van der Waals surface area contributed by atoms with Crippen LogP contribution in [0.25, 0.3) is 65.7 Å². The van der Waals surface area contributed by atoms with E-state index < -0.39 is 0 Å². The molecule has 1 nitrogen and oxygen atoms in total. The van der Waals surface area contributed by atoms with Crippen LogP contribution in [0.15, 0.2) is 108 Å². The SMILES string of the molecule is Cc1cccc(-c2cccc3c4cc(-c5ccccc5)cc5oc6cccc(c23)c6c54)c1. The molecule has 1 aromatic heterocycles. The van der Waals surface area contributed by atoms with Gasteiger partial charge in [-0.25, -0.2) is 0 Å². The van der Waals surface area contributed by atoms with Crippen LogP contribution in [0.3, 0.4) is 0 Å². The van der Waals surface area contributed by atoms with E-state index in [0.29, 0.717) is 0 Å². The Bertz CT molecular complexity index is 1770. The van der Waals surface area contributed by atoms with Crippen molar-refractivity contribution in [3.8, 4) is 22.3 Å². The molecule has 0 aliphatic heterocycles. The first kappa shape index (κ1) is 17.6. The quantitative estimate of drug-likeness (QED) is 0.260. The molecule has 0 N–H and O–H groups in total. The normalized spacial score (nSPS) is 11.9. The average molecular weight is 409 g/mol. The van der Waals surface area contributed by atoms with Gasteiger partial charge in [0.2, 0.25) is 0 Å². The Morgan fingerprint density at radius 1 is 0.469 bits per heavy atom. The highest BCUT2D eigenvalue weighted by atomic mass is 16.3. The van der Waals surface area contributed by atoms with Gasteiger partial charge in [-0.15, -0.1) is 0 Å². The van der Waals surface area contributed by atoms with Crippen LogP contribution < -0.4 is 0 Å². The van der Waals surface area contributed by atoms with E-state index in [1.54, 1.807) is 0 Å². The summed E-state index contributed by atoms with van der Waals surface area (Å²) in [7, 11) is 0. The maximum Gasteiger partial charge on any atom is 0.136 e. The van der Waals surface area contributed by atoms with Gasteiger partial charge in [0.1, 0.15) is 11.2 Å². The third-order valence-corrected chi connectivity index (χ3v) is 6.66. The van der Waals surface area contributed by atoms with Gasteiger partial charge < -0.3 is 4.42 Å². The number of aryl methyl sites for hydroxylation is 1. The molecule has 0 unspecified atom stereocenters. The fraction of sp³-hybridized carbons (Fsp3) is 0.0323. The van der Waals surface area contributed by atoms with Gasteiger partial charge in [0.25, 0.3) is 0 Å². The Morgan fingerprint density at radius 3 is 2.09 bits per heavy atom. The molecule has 0 spiro atoms. The summed E-state index contributed by atoms with van der Waals surface area (Å²) in [6, 6.07) is 37.0. The largest absolute Gasteiger partial charge is 0.456 e. The van der Waals surface area contributed by atoms with Gasteiger partial charge in [0, 0.05) is 10.8 Å². The predicted octanol–water partition coefficient (Wildman–Crippen LogP) is 8.97. The third kappa shape index (κ3) is 2.39. The second-order valence-corrected chi connectivity index (χ2v) is 8.64. The van der Waals surface area contributed by atoms with Crippen LogP contribution in [0.5, 0.6) is 0 Å². The molecule has 32 heavy (non-hydrogen) atoms. The second-order valence-electron chi connectivity index (χ2n) is 8.64. The highest BCUT2D eigenvalue weighted by Gasteiger charge is 2.20. The van der Waals surface area contributed by atoms with E-state index in [1.807, 2.05) is 0 Å². The maximum absolute atomic E-state index is 6.41. The van der Waals surface area contributed by atoms with E-state index in [1.165, 1.54) is 60.1 Å². The topological polar surface area (TPSA) is 13.1 Å². The molecule has 1 heterocycles. The zero-order valence-electron chi connectivity index (χ0n) is 17.7. The minimum absolute atomic E-state index is 0.952. The van der Waals surface area contributed by atoms with Crippen molar-refractivity contribution in [1.82, 2.24) is 0 Å². The zero-order valence-corrected chi connectivity index (χ0v) is 17.7. The lowest BCUT2D eigenvalue weighted by Crippen LogP contribution is -1.88. The van der Waals surface area contributed by atoms with Crippen LogP contribution in [0.1, 0.15) is 5.56 Å². The number of hydrogen-bond donors (Lipinski definition) is 0. The lowest BCUT2D eigenvalue weighted by molar-refractivity contribution is 0.669. The van der Waals surface area contributed by atoms with Crippen LogP contribution >= 0.6 is 0 Å². The van der Waals surface area contributed by atoms with Gasteiger partial charge in [0.15, 0.2) is 0 Å². The summed E-state index contributed by atoms with van der Waals surface area (Å²) in [5.41, 5.74) is 8.08. The lowest BCUT2D eigenvalue weighted by atomic mass is 9.88. The molecule has 7 rings (SSSR count). The fourth-order valence-corrected chi connectivity index (χ4v) is 5.28. The molecule has 0 bridgehead atoms. The van der Waals surface area contributed by atoms with E-state index in [0.717, 1.165) is 11.2 Å². The number of rotatable bonds is 2. The molecule has 7 aromatic rings. The van der Waals surface area contributed by atoms with Gasteiger partial charge in [-0.1, -0.05) is 90.5 Å². The summed E-state index contributed by atoms with van der Waals surface area (Å²) in [4.78, 5) is 0. The molecule has 0 fully saturated rings. The van der Waals surface area contributed by atoms with Crippen LogP contribution in [0.4, 0.5) is 0 Å². The molecule has 0 aliphatic rings. The summed E-state index contributed by atoms with van der Waals surface area (Å²) in [6.45, 7) is 2.15. The van der Waals surface area contributed by atoms with E-state index in [4.69, 9.17) is 4.42 Å². The Balaban J connectivity index is 1.71. The predicted molar refractivity (Wildman–Crippen MR) is 136 cm³/mol. The minimum atomic E-state index is 0.952. The Labute approximate surface area is 185 Å². The lowest BCUT2D eigenvalue weighted by Gasteiger charge is -2.14. The smallest absolute Gasteiger partial charge is 0.136 e. The van der Waals surface area contributed by atoms with Crippen LogP contribution in [0.2, 0.25) is 0 Å². The van der Waals surface area contributed by atoms with Crippen molar-refractivity contribution >= 4 is 43.5 Å². The Hall–Kier alpha value is -4.10. The third-order valence-electron chi connectivity index (χ3n) is 6.66. The molecular weight excluding hydrogens is 388 g/mol. The highest BCUT2D eigenvalue weighted by Crippen LogP contribution is 2.46. The van der Waals surface area contributed by atoms with Crippen molar-refractivity contribution in [3.05, 3.63) is 109 Å². The van der Waals surface area contributed by atoms with Gasteiger partial charge in [0.05, 0.1) is 0 Å². The molecule has 0 saturated carbocycles. The van der Waals surface area contributed by atoms with Crippen molar-refractivity contribution in [2.45, 2.75) is 6.92 Å². The first-order chi connectivity index (χ1) is 15.8. The number of hydrogen-bond acceptors (Lipinski definition) is 1. The van der Waals surface area contributed by atoms with E-state index in [-0.39, 0.29) is 0 Å². The van der Waals surface area contributed by atoms with Crippen LogP contribution in [-0.4, -0.2) is 0 Å². The molecule has 0 saturated heterocycles. The molecule has 150 valence electrons. The summed E-state index contributed by atoms with van der Waals surface area (Å²) in [5.74, 6) is 0. The molecule has 1 heteroatoms. The number of benzene rings is 6. The molecule has 0 radical (unpaired) electrons. The van der Waals surface area contributed by atoms with Gasteiger partial charge >= 0.3 is 0 Å². The van der Waals surface area contributed by atoms with E-state index in [2.05, 4.69) is 110 Å². The van der Waals surface area contributed by atoms with Crippen molar-refractivity contribution in [2.75, 3.05) is 0 Å².